The van der Waals surface area contributed by atoms with E-state index < -0.39 is 0 Å². The van der Waals surface area contributed by atoms with E-state index in [0.29, 0.717) is 23.7 Å². The van der Waals surface area contributed by atoms with Crippen molar-refractivity contribution < 1.29 is 70.8 Å². The minimum atomic E-state index is 0. The summed E-state index contributed by atoms with van der Waals surface area (Å²) in [5.74, 6) is 1.87. The van der Waals surface area contributed by atoms with Crippen LogP contribution < -0.4 is 24.8 Å². The molecule has 8 rings (SSSR count). The van der Waals surface area contributed by atoms with Gasteiger partial charge in [0.15, 0.2) is 0 Å². The van der Waals surface area contributed by atoms with Gasteiger partial charge in [-0.25, -0.2) is 22.3 Å². The molecule has 6 heteroatoms. The molecule has 0 amide bonds. The molecule has 0 N–H and O–H groups in total. The molecule has 0 saturated carbocycles. The number of hydrogen-bond donors (Lipinski definition) is 0. The van der Waals surface area contributed by atoms with Crippen molar-refractivity contribution in [3.63, 3.8) is 0 Å². The summed E-state index contributed by atoms with van der Waals surface area (Å²) in [4.78, 5) is 0. The monoisotopic (exact) mass is 1220 g/mol. The first kappa shape index (κ1) is 57.6. The molecule has 0 fully saturated rings. The molecule has 62 heavy (non-hydrogen) atoms. The molecule has 320 valence electrons. The molecule has 4 atom stereocenters. The first-order chi connectivity index (χ1) is 28.5. The first-order valence-corrected chi connectivity index (χ1v) is 36.9. The van der Waals surface area contributed by atoms with Crippen LogP contribution in [0.2, 0.25) is 26.2 Å². The van der Waals surface area contributed by atoms with Gasteiger partial charge in [0.05, 0.1) is 0 Å². The van der Waals surface area contributed by atoms with Crippen molar-refractivity contribution in [2.45, 2.75) is 81.6 Å². The van der Waals surface area contributed by atoms with Gasteiger partial charge >= 0.3 is 83.2 Å². The molecule has 4 aliphatic rings. The van der Waals surface area contributed by atoms with Crippen LogP contribution in [0.1, 0.15) is 77.6 Å². The first-order valence-electron chi connectivity index (χ1n) is 21.1. The Morgan fingerprint density at radius 3 is 0.597 bits per heavy atom. The van der Waals surface area contributed by atoms with Crippen LogP contribution in [0.15, 0.2) is 168 Å². The maximum Gasteiger partial charge on any atom is -1.00 e. The van der Waals surface area contributed by atoms with Crippen molar-refractivity contribution in [2.75, 3.05) is 0 Å². The fraction of sp³-hybridized carbons (Fsp3) is 0.286. The fourth-order valence-corrected chi connectivity index (χ4v) is 7.07. The van der Waals surface area contributed by atoms with Crippen molar-refractivity contribution in [2.24, 2.45) is 23.7 Å². The fourth-order valence-electron chi connectivity index (χ4n) is 7.07. The summed E-state index contributed by atoms with van der Waals surface area (Å²) in [5, 5.41) is 0. The van der Waals surface area contributed by atoms with Crippen LogP contribution in [-0.4, -0.2) is 11.0 Å². The van der Waals surface area contributed by atoms with Crippen molar-refractivity contribution >= 4 is 33.3 Å². The summed E-state index contributed by atoms with van der Waals surface area (Å²) in [7, 11) is 0. The van der Waals surface area contributed by atoms with Crippen LogP contribution >= 0.6 is 0 Å². The van der Waals surface area contributed by atoms with E-state index >= 15 is 0 Å². The molecule has 0 aliphatic heterocycles. The Kier molecular flexibility index (Phi) is 28.5. The Morgan fingerprint density at radius 1 is 0.339 bits per heavy atom. The summed E-state index contributed by atoms with van der Waals surface area (Å²) in [5.41, 5.74) is 16.2. The van der Waals surface area contributed by atoms with Crippen LogP contribution in [0.25, 0.3) is 22.3 Å². The molecule has 0 aromatic heterocycles. The second-order valence-corrected chi connectivity index (χ2v) is 41.6. The van der Waals surface area contributed by atoms with Crippen molar-refractivity contribution in [1.29, 1.82) is 0 Å². The van der Waals surface area contributed by atoms with Gasteiger partial charge in [-0.1, -0.05) is 200 Å². The van der Waals surface area contributed by atoms with Crippen LogP contribution in [0.4, 0.5) is 0 Å². The summed E-state index contributed by atoms with van der Waals surface area (Å²) in [6, 6.07) is 42.0. The molecule has 0 spiro atoms. The molecule has 4 unspecified atom stereocenters. The summed E-state index contributed by atoms with van der Waals surface area (Å²) in [6.07, 6.45) is 22.6. The smallest absolute Gasteiger partial charge is 1.00 e. The molecule has 0 radical (unpaired) electrons. The van der Waals surface area contributed by atoms with Gasteiger partial charge in [-0.2, -0.15) is 46.6 Å². The average Bonchev–Trinajstić information content (AvgIpc) is 3.96. The summed E-state index contributed by atoms with van der Waals surface area (Å²) >= 11 is 2.90. The van der Waals surface area contributed by atoms with Gasteiger partial charge in [-0.3, -0.25) is 24.3 Å². The summed E-state index contributed by atoms with van der Waals surface area (Å²) < 4.78 is 0. The summed E-state index contributed by atoms with van der Waals surface area (Å²) in [6.45, 7) is 26.5. The van der Waals surface area contributed by atoms with Crippen molar-refractivity contribution in [3.05, 3.63) is 214 Å². The number of hydrogen-bond acceptors (Lipinski definition) is 0. The normalized spacial score (nSPS) is 18.7. The van der Waals surface area contributed by atoms with Gasteiger partial charge in [-0.15, -0.1) is 22.3 Å². The maximum atomic E-state index is 3.39. The van der Waals surface area contributed by atoms with E-state index in [2.05, 4.69) is 227 Å². The molecule has 0 saturated heterocycles. The van der Waals surface area contributed by atoms with Crippen LogP contribution in [-0.2, 0) is 46.0 Å². The molecule has 4 aromatic carbocycles. The SMILES string of the molecule is CC1=[C-]C(C)C=C1c1ccccc1.CC1=[C-]C(C)C=C1c1ccccc1.CC1=[C-]C(C)C=C1c1ccccc1.CC1=[C-]C(C)C=C1c1ccccc1.C[Si](C)=[Hf+2].C[Si](C)=[Hf+2].[Cl-].[Cl-]. The zero-order valence-electron chi connectivity index (χ0n) is 38.9. The van der Waals surface area contributed by atoms with Gasteiger partial charge < -0.3 is 24.8 Å². The van der Waals surface area contributed by atoms with Crippen molar-refractivity contribution in [3.8, 4) is 0 Å². The molecule has 4 aliphatic carbocycles. The minimum absolute atomic E-state index is 0. The van der Waals surface area contributed by atoms with E-state index in [9.17, 15) is 0 Å². The third kappa shape index (κ3) is 21.0. The molecular weight excluding hydrogens is 1160 g/mol. The Morgan fingerprint density at radius 2 is 0.484 bits per heavy atom. The zero-order valence-corrected chi connectivity index (χ0v) is 49.6. The predicted molar refractivity (Wildman–Crippen MR) is 259 cm³/mol. The van der Waals surface area contributed by atoms with Gasteiger partial charge in [0, 0.05) is 0 Å². The van der Waals surface area contributed by atoms with Crippen LogP contribution in [0, 0.1) is 48.0 Å². The van der Waals surface area contributed by atoms with E-state index in [1.165, 1.54) is 113 Å². The van der Waals surface area contributed by atoms with E-state index in [4.69, 9.17) is 0 Å². The van der Waals surface area contributed by atoms with E-state index in [0.717, 1.165) is 0 Å². The Bertz CT molecular complexity index is 1940. The Labute approximate surface area is 419 Å². The largest absolute Gasteiger partial charge is 1.00 e. The molecule has 0 nitrogen and oxygen atoms in total. The van der Waals surface area contributed by atoms with E-state index in [1.54, 1.807) is 0 Å². The topological polar surface area (TPSA) is 0 Å². The van der Waals surface area contributed by atoms with Crippen molar-refractivity contribution in [1.82, 2.24) is 0 Å². The average molecular weight is 1220 g/mol. The Hall–Kier alpha value is -2.45. The van der Waals surface area contributed by atoms with Gasteiger partial charge in [0.1, 0.15) is 0 Å². The quantitative estimate of drug-likeness (QED) is 0.141. The molecule has 4 aromatic rings. The van der Waals surface area contributed by atoms with Gasteiger partial charge in [0.2, 0.25) is 0 Å². The second-order valence-electron chi connectivity index (χ2n) is 16.0. The standard InChI is InChI=1S/4C13H13.2C2H6Si.2ClH.2Hf/c4*1-10-8-11(2)13(9-10)12-6-4-3-5-7-12;2*1-3-2;;;;/h4*3-7,9-10H,1-2H3;2*1-2H3;2*1H;;/q4*-1;;;;;2*+2/p-2. The van der Waals surface area contributed by atoms with Crippen LogP contribution in [0.5, 0.6) is 0 Å². The van der Waals surface area contributed by atoms with Crippen LogP contribution in [0.3, 0.4) is 0 Å². The van der Waals surface area contributed by atoms with Gasteiger partial charge in [0.25, 0.3) is 0 Å². The predicted octanol–water partition coefficient (Wildman–Crippen LogP) is 9.45. The minimum Gasteiger partial charge on any atom is -1.00 e. The number of allylic oxidation sites excluding steroid dienone is 16. The third-order valence-corrected chi connectivity index (χ3v) is 9.40. The molecule has 0 heterocycles. The zero-order chi connectivity index (χ0) is 44.2. The molecule has 0 bridgehead atoms. The maximum absolute atomic E-state index is 3.39. The second kappa shape index (κ2) is 30.6. The van der Waals surface area contributed by atoms with E-state index in [-0.39, 0.29) is 35.8 Å². The third-order valence-electron chi connectivity index (χ3n) is 9.40. The van der Waals surface area contributed by atoms with E-state index in [1.807, 2.05) is 24.3 Å². The van der Waals surface area contributed by atoms with Gasteiger partial charge in [-0.05, 0) is 0 Å². The Balaban J connectivity index is 0.000000386. The molecular formula is C56H64Cl2Hf2Si2-2. The number of halogens is 2. The number of rotatable bonds is 4. The number of benzene rings is 4.